The molecular weight excluding hydrogens is 324 g/mol. The Morgan fingerprint density at radius 2 is 1.77 bits per heavy atom. The molecule has 0 atom stereocenters. The van der Waals surface area contributed by atoms with Crippen molar-refractivity contribution in [3.05, 3.63) is 78.1 Å². The van der Waals surface area contributed by atoms with Gasteiger partial charge in [0.15, 0.2) is 0 Å². The minimum atomic E-state index is -0.0298. The summed E-state index contributed by atoms with van der Waals surface area (Å²) >= 11 is 0. The van der Waals surface area contributed by atoms with Gasteiger partial charge >= 0.3 is 0 Å². The molecule has 1 aromatic heterocycles. The first-order valence-corrected chi connectivity index (χ1v) is 8.86. The lowest BCUT2D eigenvalue weighted by Crippen LogP contribution is -2.41. The molecule has 2 aromatic carbocycles. The van der Waals surface area contributed by atoms with Crippen molar-refractivity contribution in [2.24, 2.45) is 7.05 Å². The number of carbonyl (C=O) groups is 1. The van der Waals surface area contributed by atoms with Crippen LogP contribution >= 0.6 is 0 Å². The fourth-order valence-electron chi connectivity index (χ4n) is 3.65. The van der Waals surface area contributed by atoms with Gasteiger partial charge in [-0.2, -0.15) is 5.10 Å². The molecule has 1 heterocycles. The number of amides is 1. The Bertz CT molecular complexity index is 878. The Hall–Kier alpha value is -3.08. The first kappa shape index (κ1) is 16.4. The van der Waals surface area contributed by atoms with Gasteiger partial charge in [-0.25, -0.2) is 0 Å². The maximum atomic E-state index is 12.6. The molecule has 0 bridgehead atoms. The van der Waals surface area contributed by atoms with Crippen molar-refractivity contribution >= 4 is 17.3 Å². The number of benzene rings is 2. The van der Waals surface area contributed by atoms with E-state index in [1.54, 1.807) is 17.1 Å². The summed E-state index contributed by atoms with van der Waals surface area (Å²) in [7, 11) is 1.84. The molecule has 132 valence electrons. The largest absolute Gasteiger partial charge is 0.359 e. The molecule has 0 aliphatic heterocycles. The molecule has 1 aliphatic carbocycles. The topological polar surface area (TPSA) is 50.2 Å². The van der Waals surface area contributed by atoms with E-state index in [1.807, 2.05) is 25.2 Å². The normalized spacial score (nSPS) is 13.4. The third-order valence-corrected chi connectivity index (χ3v) is 4.86. The summed E-state index contributed by atoms with van der Waals surface area (Å²) < 4.78 is 1.68. The zero-order valence-electron chi connectivity index (χ0n) is 14.8. The maximum Gasteiger partial charge on any atom is 0.243 e. The monoisotopic (exact) mass is 346 g/mol. The van der Waals surface area contributed by atoms with E-state index in [9.17, 15) is 4.79 Å². The minimum Gasteiger partial charge on any atom is -0.359 e. The third-order valence-electron chi connectivity index (χ3n) is 4.86. The SMILES string of the molecule is Cn1cc(NC(=O)CN(c2ccccc2)C2Cc3ccccc3C2)cn1. The number of hydrogen-bond donors (Lipinski definition) is 1. The summed E-state index contributed by atoms with van der Waals surface area (Å²) in [6.07, 6.45) is 5.39. The Kier molecular flexibility index (Phi) is 4.44. The van der Waals surface area contributed by atoms with Gasteiger partial charge in [0.05, 0.1) is 18.4 Å². The Morgan fingerprint density at radius 3 is 2.38 bits per heavy atom. The number of para-hydroxylation sites is 1. The predicted molar refractivity (Wildman–Crippen MR) is 103 cm³/mol. The highest BCUT2D eigenvalue weighted by molar-refractivity contribution is 5.94. The number of carbonyl (C=O) groups excluding carboxylic acids is 1. The second-order valence-corrected chi connectivity index (χ2v) is 6.75. The van der Waals surface area contributed by atoms with Crippen LogP contribution in [0.5, 0.6) is 0 Å². The lowest BCUT2D eigenvalue weighted by molar-refractivity contribution is -0.115. The zero-order chi connectivity index (χ0) is 17.9. The average Bonchev–Trinajstić information content (AvgIpc) is 3.26. The molecule has 0 unspecified atom stereocenters. The molecule has 0 saturated heterocycles. The van der Waals surface area contributed by atoms with Crippen molar-refractivity contribution in [2.45, 2.75) is 18.9 Å². The highest BCUT2D eigenvalue weighted by atomic mass is 16.2. The van der Waals surface area contributed by atoms with Gasteiger partial charge in [-0.1, -0.05) is 42.5 Å². The quantitative estimate of drug-likeness (QED) is 0.772. The van der Waals surface area contributed by atoms with Crippen molar-refractivity contribution in [3.8, 4) is 0 Å². The zero-order valence-corrected chi connectivity index (χ0v) is 14.8. The summed E-state index contributed by atoms with van der Waals surface area (Å²) in [6, 6.07) is 19.0. The molecule has 1 N–H and O–H groups in total. The number of nitrogens with zero attached hydrogens (tertiary/aromatic N) is 3. The van der Waals surface area contributed by atoms with Crippen molar-refractivity contribution < 1.29 is 4.79 Å². The number of hydrogen-bond acceptors (Lipinski definition) is 3. The molecule has 5 nitrogen and oxygen atoms in total. The summed E-state index contributed by atoms with van der Waals surface area (Å²) in [5.41, 5.74) is 4.56. The van der Waals surface area contributed by atoms with Gasteiger partial charge in [-0.15, -0.1) is 0 Å². The van der Waals surface area contributed by atoms with E-state index >= 15 is 0 Å². The van der Waals surface area contributed by atoms with Gasteiger partial charge in [0.2, 0.25) is 5.91 Å². The number of fused-ring (bicyclic) bond motifs is 1. The van der Waals surface area contributed by atoms with Gasteiger partial charge in [0.25, 0.3) is 0 Å². The van der Waals surface area contributed by atoms with Crippen LogP contribution in [-0.2, 0) is 24.7 Å². The summed E-state index contributed by atoms with van der Waals surface area (Å²) in [5, 5.41) is 7.04. The van der Waals surface area contributed by atoms with Crippen LogP contribution in [0.3, 0.4) is 0 Å². The van der Waals surface area contributed by atoms with Crippen LogP contribution in [0.15, 0.2) is 67.0 Å². The fraction of sp³-hybridized carbons (Fsp3) is 0.238. The minimum absolute atomic E-state index is 0.0298. The molecule has 0 fully saturated rings. The first-order valence-electron chi connectivity index (χ1n) is 8.86. The van der Waals surface area contributed by atoms with Crippen LogP contribution < -0.4 is 10.2 Å². The van der Waals surface area contributed by atoms with Crippen LogP contribution in [0.25, 0.3) is 0 Å². The van der Waals surface area contributed by atoms with E-state index in [0.717, 1.165) is 24.2 Å². The number of anilines is 2. The first-order chi connectivity index (χ1) is 12.7. The molecule has 5 heteroatoms. The fourth-order valence-corrected chi connectivity index (χ4v) is 3.65. The van der Waals surface area contributed by atoms with Gasteiger partial charge < -0.3 is 10.2 Å². The molecule has 0 radical (unpaired) electrons. The van der Waals surface area contributed by atoms with Crippen LogP contribution in [0.1, 0.15) is 11.1 Å². The standard InChI is InChI=1S/C21H22N4O/c1-24-14-18(13-22-24)23-21(26)15-25(19-9-3-2-4-10-19)20-11-16-7-5-6-8-17(16)12-20/h2-10,13-14,20H,11-12,15H2,1H3,(H,23,26). The molecule has 3 aromatic rings. The van der Waals surface area contributed by atoms with E-state index in [4.69, 9.17) is 0 Å². The second kappa shape index (κ2) is 7.04. The van der Waals surface area contributed by atoms with Crippen molar-refractivity contribution in [1.82, 2.24) is 9.78 Å². The van der Waals surface area contributed by atoms with Crippen molar-refractivity contribution in [1.29, 1.82) is 0 Å². The predicted octanol–water partition coefficient (Wildman–Crippen LogP) is 3.03. The van der Waals surface area contributed by atoms with Crippen LogP contribution in [-0.4, -0.2) is 28.3 Å². The molecule has 4 rings (SSSR count). The van der Waals surface area contributed by atoms with Crippen molar-refractivity contribution in [3.63, 3.8) is 0 Å². The number of rotatable bonds is 5. The summed E-state index contributed by atoms with van der Waals surface area (Å²) in [6.45, 7) is 0.317. The van der Waals surface area contributed by atoms with Crippen LogP contribution in [0.4, 0.5) is 11.4 Å². The van der Waals surface area contributed by atoms with Gasteiger partial charge in [-0.05, 0) is 36.1 Å². The average molecular weight is 346 g/mol. The van der Waals surface area contributed by atoms with Crippen LogP contribution in [0, 0.1) is 0 Å². The van der Waals surface area contributed by atoms with Crippen molar-refractivity contribution in [2.75, 3.05) is 16.8 Å². The lowest BCUT2D eigenvalue weighted by Gasteiger charge is -2.30. The maximum absolute atomic E-state index is 12.6. The van der Waals surface area contributed by atoms with E-state index in [0.29, 0.717) is 6.54 Å². The van der Waals surface area contributed by atoms with E-state index in [2.05, 4.69) is 51.7 Å². The molecule has 1 aliphatic rings. The number of nitrogens with one attached hydrogen (secondary N) is 1. The highest BCUT2D eigenvalue weighted by Crippen LogP contribution is 2.28. The third kappa shape index (κ3) is 3.47. The molecule has 0 spiro atoms. The van der Waals surface area contributed by atoms with Gasteiger partial charge in [0.1, 0.15) is 0 Å². The highest BCUT2D eigenvalue weighted by Gasteiger charge is 2.28. The Balaban J connectivity index is 1.53. The van der Waals surface area contributed by atoms with Crippen LogP contribution in [0.2, 0.25) is 0 Å². The lowest BCUT2D eigenvalue weighted by atomic mass is 10.1. The Morgan fingerprint density at radius 1 is 1.12 bits per heavy atom. The smallest absolute Gasteiger partial charge is 0.243 e. The van der Waals surface area contributed by atoms with E-state index < -0.39 is 0 Å². The number of aromatic nitrogens is 2. The summed E-state index contributed by atoms with van der Waals surface area (Å²) in [5.74, 6) is -0.0298. The summed E-state index contributed by atoms with van der Waals surface area (Å²) in [4.78, 5) is 14.9. The van der Waals surface area contributed by atoms with E-state index in [-0.39, 0.29) is 11.9 Å². The van der Waals surface area contributed by atoms with Gasteiger partial charge in [0, 0.05) is 25.0 Å². The van der Waals surface area contributed by atoms with Gasteiger partial charge in [-0.3, -0.25) is 9.48 Å². The molecule has 0 saturated carbocycles. The van der Waals surface area contributed by atoms with E-state index in [1.165, 1.54) is 11.1 Å². The molecular formula is C21H22N4O. The Labute approximate surface area is 153 Å². The second-order valence-electron chi connectivity index (χ2n) is 6.75. The molecule has 26 heavy (non-hydrogen) atoms. The molecule has 1 amide bonds. The number of aryl methyl sites for hydroxylation is 1.